The molecule has 4 aromatic rings. The summed E-state index contributed by atoms with van der Waals surface area (Å²) < 4.78 is 14.2. The van der Waals surface area contributed by atoms with Crippen LogP contribution in [0.1, 0.15) is 43.0 Å². The molecule has 5 rings (SSSR count). The minimum absolute atomic E-state index is 0.243. The van der Waals surface area contributed by atoms with Crippen molar-refractivity contribution in [1.29, 1.82) is 0 Å². The molecule has 0 fully saturated rings. The Morgan fingerprint density at radius 1 is 1.17 bits per heavy atom. The van der Waals surface area contributed by atoms with Crippen LogP contribution in [-0.2, 0) is 10.5 Å². The van der Waals surface area contributed by atoms with Gasteiger partial charge in [0.15, 0.2) is 11.5 Å². The van der Waals surface area contributed by atoms with Crippen LogP contribution in [0.3, 0.4) is 0 Å². The summed E-state index contributed by atoms with van der Waals surface area (Å²) in [5.41, 5.74) is 4.66. The van der Waals surface area contributed by atoms with Crippen LogP contribution in [0.25, 0.3) is 0 Å². The minimum atomic E-state index is -0.599. The van der Waals surface area contributed by atoms with Crippen LogP contribution in [0, 0.1) is 6.92 Å². The van der Waals surface area contributed by atoms with E-state index in [1.54, 1.807) is 11.8 Å². The van der Waals surface area contributed by atoms with Gasteiger partial charge in [0.25, 0.3) is 5.91 Å². The zero-order chi connectivity index (χ0) is 29.8. The molecule has 1 atom stereocenters. The van der Waals surface area contributed by atoms with E-state index in [9.17, 15) is 4.79 Å². The molecule has 11 heteroatoms. The number of nitrogens with one attached hydrogen (secondary N) is 2. The number of rotatable bonds is 10. The number of methoxy groups -OCH3 is 1. The van der Waals surface area contributed by atoms with Crippen molar-refractivity contribution >= 4 is 56.8 Å². The number of hydrogen-bond donors (Lipinski definition) is 2. The third-order valence-electron chi connectivity index (χ3n) is 6.80. The first-order valence-corrected chi connectivity index (χ1v) is 15.6. The van der Waals surface area contributed by atoms with E-state index in [1.165, 1.54) is 11.8 Å². The lowest BCUT2D eigenvalue weighted by Crippen LogP contribution is -2.31. The second-order valence-corrected chi connectivity index (χ2v) is 12.0. The summed E-state index contributed by atoms with van der Waals surface area (Å²) in [6.45, 7) is 6.43. The normalized spacial score (nSPS) is 14.3. The summed E-state index contributed by atoms with van der Waals surface area (Å²) in [6.07, 6.45) is 0.855. The summed E-state index contributed by atoms with van der Waals surface area (Å²) in [5.74, 6) is 2.06. The zero-order valence-electron chi connectivity index (χ0n) is 23.7. The predicted molar refractivity (Wildman–Crippen MR) is 172 cm³/mol. The number of anilines is 2. The van der Waals surface area contributed by atoms with Crippen LogP contribution < -0.4 is 20.1 Å². The molecule has 1 amide bonds. The van der Waals surface area contributed by atoms with E-state index in [1.807, 2.05) is 81.4 Å². The van der Waals surface area contributed by atoms with Crippen LogP contribution in [0.4, 0.5) is 11.6 Å². The lowest BCUT2D eigenvalue weighted by molar-refractivity contribution is -0.113. The quantitative estimate of drug-likeness (QED) is 0.166. The van der Waals surface area contributed by atoms with Crippen LogP contribution in [0.15, 0.2) is 81.6 Å². The molecule has 42 heavy (non-hydrogen) atoms. The number of benzene rings is 3. The number of carbonyl (C=O) groups excluding carboxylic acids is 1. The number of aryl methyl sites for hydroxylation is 1. The highest BCUT2D eigenvalue weighted by atomic mass is 79.9. The van der Waals surface area contributed by atoms with Crippen molar-refractivity contribution in [1.82, 2.24) is 14.8 Å². The highest BCUT2D eigenvalue weighted by Crippen LogP contribution is 2.43. The van der Waals surface area contributed by atoms with Crippen molar-refractivity contribution in [2.24, 2.45) is 0 Å². The Balaban J connectivity index is 1.57. The topological polar surface area (TPSA) is 90.3 Å². The van der Waals surface area contributed by atoms with Gasteiger partial charge in [-0.25, -0.2) is 4.68 Å². The molecule has 3 aromatic carbocycles. The summed E-state index contributed by atoms with van der Waals surface area (Å²) >= 11 is 11.5. The van der Waals surface area contributed by atoms with Crippen molar-refractivity contribution in [3.8, 4) is 11.5 Å². The van der Waals surface area contributed by atoms with Crippen molar-refractivity contribution in [3.63, 3.8) is 0 Å². The Morgan fingerprint density at radius 2 is 1.93 bits per heavy atom. The Kier molecular flexibility index (Phi) is 9.45. The highest BCUT2D eigenvalue weighted by molar-refractivity contribution is 9.10. The highest BCUT2D eigenvalue weighted by Gasteiger charge is 2.35. The first kappa shape index (κ1) is 30.0. The Morgan fingerprint density at radius 3 is 2.67 bits per heavy atom. The van der Waals surface area contributed by atoms with E-state index in [-0.39, 0.29) is 5.91 Å². The lowest BCUT2D eigenvalue weighted by Gasteiger charge is -2.29. The molecular weight excluding hydrogens is 638 g/mol. The fourth-order valence-electron chi connectivity index (χ4n) is 4.70. The maximum atomic E-state index is 14.0. The number of amides is 1. The van der Waals surface area contributed by atoms with Crippen LogP contribution >= 0.6 is 39.3 Å². The van der Waals surface area contributed by atoms with Gasteiger partial charge in [-0.1, -0.05) is 66.7 Å². The Labute approximate surface area is 263 Å². The number of thioether (sulfide) groups is 1. The number of aromatic nitrogens is 3. The average molecular weight is 669 g/mol. The first-order chi connectivity index (χ1) is 20.3. The predicted octanol–water partition coefficient (Wildman–Crippen LogP) is 8.02. The van der Waals surface area contributed by atoms with Crippen LogP contribution in [-0.4, -0.2) is 34.4 Å². The van der Waals surface area contributed by atoms with Gasteiger partial charge in [0.05, 0.1) is 23.8 Å². The number of para-hydroxylation sites is 1. The zero-order valence-corrected chi connectivity index (χ0v) is 26.9. The molecule has 1 aliphatic rings. The molecule has 1 aromatic heterocycles. The SMILES string of the molecule is CCCOc1c(Br)cc(C2C(C(=O)Nc3ccccc3C)=C(C)Nc3nc(SCc4ccccc4Cl)nn32)cc1OC. The largest absolute Gasteiger partial charge is 0.493 e. The lowest BCUT2D eigenvalue weighted by atomic mass is 9.94. The first-order valence-electron chi connectivity index (χ1n) is 13.5. The maximum Gasteiger partial charge on any atom is 0.255 e. The molecule has 2 heterocycles. The average Bonchev–Trinajstić information content (AvgIpc) is 3.38. The van der Waals surface area contributed by atoms with E-state index in [0.29, 0.717) is 51.3 Å². The molecule has 2 N–H and O–H groups in total. The second kappa shape index (κ2) is 13.2. The summed E-state index contributed by atoms with van der Waals surface area (Å²) in [6, 6.07) is 18.6. The smallest absolute Gasteiger partial charge is 0.255 e. The fraction of sp³-hybridized carbons (Fsp3) is 0.258. The van der Waals surface area contributed by atoms with E-state index in [4.69, 9.17) is 31.2 Å². The van der Waals surface area contributed by atoms with Gasteiger partial charge < -0.3 is 20.1 Å². The Bertz CT molecular complexity index is 1660. The van der Waals surface area contributed by atoms with Gasteiger partial charge in [0.2, 0.25) is 11.1 Å². The third-order valence-corrected chi connectivity index (χ3v) is 8.65. The number of nitrogens with zero attached hydrogens (tertiary/aromatic N) is 3. The molecular formula is C31H31BrClN5O3S. The van der Waals surface area contributed by atoms with Gasteiger partial charge in [-0.15, -0.1) is 5.10 Å². The molecule has 0 bridgehead atoms. The molecule has 0 spiro atoms. The van der Waals surface area contributed by atoms with Crippen molar-refractivity contribution in [3.05, 3.63) is 98.1 Å². The molecule has 0 saturated carbocycles. The van der Waals surface area contributed by atoms with E-state index in [0.717, 1.165) is 33.3 Å². The van der Waals surface area contributed by atoms with Gasteiger partial charge in [-0.05, 0) is 77.2 Å². The Hall–Kier alpha value is -3.47. The van der Waals surface area contributed by atoms with E-state index >= 15 is 0 Å². The number of halogens is 2. The molecule has 1 unspecified atom stereocenters. The molecule has 0 saturated heterocycles. The molecule has 8 nitrogen and oxygen atoms in total. The maximum absolute atomic E-state index is 14.0. The fourth-order valence-corrected chi connectivity index (χ4v) is 6.39. The summed E-state index contributed by atoms with van der Waals surface area (Å²) in [4.78, 5) is 18.7. The number of allylic oxidation sites excluding steroid dienone is 1. The molecule has 218 valence electrons. The standard InChI is InChI=1S/C31H31BrClN5O3S/c1-5-14-41-28-22(32)15-21(16-25(28)40-4)27-26(29(39)35-24-13-9-6-10-18(24)2)19(3)34-30-36-31(37-38(27)30)42-17-20-11-7-8-12-23(20)33/h6-13,15-16,27H,5,14,17H2,1-4H3,(H,35,39)(H,34,36,37). The van der Waals surface area contributed by atoms with E-state index in [2.05, 4.69) is 26.6 Å². The number of fused-ring (bicyclic) bond motifs is 1. The van der Waals surface area contributed by atoms with Crippen molar-refractivity contribution in [2.75, 3.05) is 24.4 Å². The molecule has 0 radical (unpaired) electrons. The number of ether oxygens (including phenoxy) is 2. The second-order valence-electron chi connectivity index (χ2n) is 9.76. The van der Waals surface area contributed by atoms with Crippen molar-refractivity contribution in [2.45, 2.75) is 44.1 Å². The van der Waals surface area contributed by atoms with Gasteiger partial charge in [0, 0.05) is 22.2 Å². The summed E-state index contributed by atoms with van der Waals surface area (Å²) in [5, 5.41) is 12.5. The third kappa shape index (κ3) is 6.30. The molecule has 1 aliphatic heterocycles. The van der Waals surface area contributed by atoms with Crippen molar-refractivity contribution < 1.29 is 14.3 Å². The van der Waals surface area contributed by atoms with Gasteiger partial charge in [0.1, 0.15) is 6.04 Å². The minimum Gasteiger partial charge on any atom is -0.493 e. The van der Waals surface area contributed by atoms with Crippen LogP contribution in [0.2, 0.25) is 5.02 Å². The van der Waals surface area contributed by atoms with Crippen LogP contribution in [0.5, 0.6) is 11.5 Å². The van der Waals surface area contributed by atoms with Gasteiger partial charge in [-0.3, -0.25) is 4.79 Å². The van der Waals surface area contributed by atoms with Gasteiger partial charge in [-0.2, -0.15) is 4.98 Å². The number of hydrogen-bond acceptors (Lipinski definition) is 7. The summed E-state index contributed by atoms with van der Waals surface area (Å²) in [7, 11) is 1.60. The number of carbonyl (C=O) groups is 1. The molecule has 0 aliphatic carbocycles. The van der Waals surface area contributed by atoms with Gasteiger partial charge >= 0.3 is 0 Å². The van der Waals surface area contributed by atoms with E-state index < -0.39 is 6.04 Å². The monoisotopic (exact) mass is 667 g/mol.